The Labute approximate surface area is 166 Å². The summed E-state index contributed by atoms with van der Waals surface area (Å²) in [6.07, 6.45) is 0.297. The van der Waals surface area contributed by atoms with Gasteiger partial charge in [0.25, 0.3) is 10.1 Å². The summed E-state index contributed by atoms with van der Waals surface area (Å²) >= 11 is 1.46. The molecule has 1 heterocycles. The molecule has 152 valence electrons. The third-order valence-corrected chi connectivity index (χ3v) is 6.26. The van der Waals surface area contributed by atoms with Crippen LogP contribution in [0.3, 0.4) is 0 Å². The van der Waals surface area contributed by atoms with Crippen LogP contribution in [0, 0.1) is 12.7 Å². The van der Waals surface area contributed by atoms with E-state index in [9.17, 15) is 25.8 Å². The SMILES string of the molecule is Cc1ccc(S(=O)(=O)[O-])cc1.O=S(=O)(O)CCC[n+]1csc2ccc(F)cc21. The van der Waals surface area contributed by atoms with E-state index in [0.717, 1.165) is 15.8 Å². The highest BCUT2D eigenvalue weighted by Crippen LogP contribution is 2.17. The molecule has 0 bridgehead atoms. The summed E-state index contributed by atoms with van der Waals surface area (Å²) in [6, 6.07) is 10.3. The number of hydrogen-bond acceptors (Lipinski definition) is 6. The molecule has 28 heavy (non-hydrogen) atoms. The molecule has 1 aromatic heterocycles. The first-order chi connectivity index (χ1) is 13.0. The van der Waals surface area contributed by atoms with Crippen LogP contribution in [0.1, 0.15) is 12.0 Å². The van der Waals surface area contributed by atoms with Gasteiger partial charge < -0.3 is 4.55 Å². The first-order valence-corrected chi connectivity index (χ1v) is 11.9. The number of benzene rings is 2. The molecular weight excluding hydrogens is 429 g/mol. The molecule has 0 saturated carbocycles. The highest BCUT2D eigenvalue weighted by atomic mass is 32.2. The molecule has 2 aromatic carbocycles. The summed E-state index contributed by atoms with van der Waals surface area (Å²) < 4.78 is 76.7. The number of thiazole rings is 1. The Bertz CT molecular complexity index is 1160. The fourth-order valence-electron chi connectivity index (χ4n) is 2.29. The summed E-state index contributed by atoms with van der Waals surface area (Å²) in [5, 5.41) is 0. The molecule has 0 amide bonds. The maximum Gasteiger partial charge on any atom is 0.265 e. The molecule has 0 fully saturated rings. The average Bonchev–Trinajstić information content (AvgIpc) is 2.96. The standard InChI is InChI=1S/C10H10FNO3S2.C7H8O3S/c11-8-2-3-10-9(6-8)12(7-16-10)4-1-5-17(13,14)15;1-6-2-4-7(5-3-6)11(8,9)10/h2-3,6-7H,1,4-5H2;2-5H,1H3,(H,8,9,10). The van der Waals surface area contributed by atoms with Crippen molar-refractivity contribution in [2.24, 2.45) is 0 Å². The topological polar surface area (TPSA) is 115 Å². The van der Waals surface area contributed by atoms with Crippen LogP contribution >= 0.6 is 11.3 Å². The molecule has 0 aliphatic rings. The second-order valence-corrected chi connectivity index (χ2v) is 9.77. The molecule has 0 aliphatic heterocycles. The lowest BCUT2D eigenvalue weighted by Crippen LogP contribution is -2.32. The molecule has 7 nitrogen and oxygen atoms in total. The van der Waals surface area contributed by atoms with Crippen molar-refractivity contribution < 1.29 is 34.9 Å². The van der Waals surface area contributed by atoms with E-state index in [0.29, 0.717) is 13.0 Å². The summed E-state index contributed by atoms with van der Waals surface area (Å²) in [6.45, 7) is 2.25. The molecule has 0 unspecified atom stereocenters. The second-order valence-electron chi connectivity index (χ2n) is 5.94. The third kappa shape index (κ3) is 6.91. The fraction of sp³-hybridized carbons (Fsp3) is 0.235. The van der Waals surface area contributed by atoms with Gasteiger partial charge in [-0.3, -0.25) is 4.55 Å². The van der Waals surface area contributed by atoms with Gasteiger partial charge in [-0.2, -0.15) is 13.0 Å². The molecule has 3 aromatic rings. The second kappa shape index (κ2) is 9.05. The van der Waals surface area contributed by atoms with E-state index in [1.807, 2.05) is 12.4 Å². The maximum atomic E-state index is 13.1. The summed E-state index contributed by atoms with van der Waals surface area (Å²) in [4.78, 5) is -0.178. The number of halogens is 1. The summed E-state index contributed by atoms with van der Waals surface area (Å²) in [5.74, 6) is -0.605. The number of nitrogens with zero attached hydrogens (tertiary/aromatic N) is 1. The van der Waals surface area contributed by atoms with E-state index in [-0.39, 0.29) is 16.5 Å². The normalized spacial score (nSPS) is 11.9. The molecular formula is C17H18FNO6S3. The Kier molecular flexibility index (Phi) is 7.23. The lowest BCUT2D eigenvalue weighted by atomic mass is 10.2. The lowest BCUT2D eigenvalue weighted by molar-refractivity contribution is -0.667. The van der Waals surface area contributed by atoms with Crippen molar-refractivity contribution in [2.45, 2.75) is 24.8 Å². The van der Waals surface area contributed by atoms with Gasteiger partial charge in [0, 0.05) is 12.5 Å². The third-order valence-electron chi connectivity index (χ3n) is 3.65. The van der Waals surface area contributed by atoms with Crippen molar-refractivity contribution in [3.63, 3.8) is 0 Å². The Hall–Kier alpha value is -1.92. The van der Waals surface area contributed by atoms with Crippen LogP contribution in [-0.2, 0) is 26.8 Å². The average molecular weight is 448 g/mol. The number of hydrogen-bond donors (Lipinski definition) is 1. The zero-order chi connectivity index (χ0) is 20.9. The molecule has 0 spiro atoms. The van der Waals surface area contributed by atoms with Gasteiger partial charge in [0.1, 0.15) is 20.6 Å². The van der Waals surface area contributed by atoms with E-state index >= 15 is 0 Å². The van der Waals surface area contributed by atoms with Crippen LogP contribution in [0.2, 0.25) is 0 Å². The van der Waals surface area contributed by atoms with Gasteiger partial charge in [-0.1, -0.05) is 29.0 Å². The zero-order valence-corrected chi connectivity index (χ0v) is 17.2. The minimum atomic E-state index is -4.27. The van der Waals surface area contributed by atoms with Gasteiger partial charge in [0.05, 0.1) is 10.6 Å². The van der Waals surface area contributed by atoms with Gasteiger partial charge in [-0.15, -0.1) is 0 Å². The van der Waals surface area contributed by atoms with E-state index < -0.39 is 20.2 Å². The van der Waals surface area contributed by atoms with Crippen molar-refractivity contribution in [1.29, 1.82) is 0 Å². The van der Waals surface area contributed by atoms with Crippen molar-refractivity contribution in [2.75, 3.05) is 5.75 Å². The number of aromatic nitrogens is 1. The predicted molar refractivity (Wildman–Crippen MR) is 102 cm³/mol. The molecule has 11 heteroatoms. The Morgan fingerprint density at radius 3 is 2.32 bits per heavy atom. The molecule has 3 rings (SSSR count). The van der Waals surface area contributed by atoms with Gasteiger partial charge in [-0.25, -0.2) is 12.8 Å². The van der Waals surface area contributed by atoms with Crippen LogP contribution in [0.15, 0.2) is 52.9 Å². The van der Waals surface area contributed by atoms with Crippen molar-refractivity contribution >= 4 is 41.8 Å². The fourth-order valence-corrected chi connectivity index (χ4v) is 4.15. The van der Waals surface area contributed by atoms with Crippen LogP contribution in [-0.4, -0.2) is 31.7 Å². The van der Waals surface area contributed by atoms with E-state index in [1.54, 1.807) is 22.8 Å². The Morgan fingerprint density at radius 1 is 1.11 bits per heavy atom. The quantitative estimate of drug-likeness (QED) is 0.475. The smallest absolute Gasteiger partial charge is 0.265 e. The first kappa shape index (κ1) is 22.4. The van der Waals surface area contributed by atoms with Crippen molar-refractivity contribution in [1.82, 2.24) is 0 Å². The summed E-state index contributed by atoms with van der Waals surface area (Å²) in [5.41, 5.74) is 3.48. The van der Waals surface area contributed by atoms with Crippen molar-refractivity contribution in [3.8, 4) is 0 Å². The molecule has 0 radical (unpaired) electrons. The number of rotatable bonds is 5. The van der Waals surface area contributed by atoms with E-state index in [4.69, 9.17) is 4.55 Å². The highest BCUT2D eigenvalue weighted by molar-refractivity contribution is 7.86. The summed E-state index contributed by atoms with van der Waals surface area (Å²) in [7, 11) is -8.19. The number of fused-ring (bicyclic) bond motifs is 1. The monoisotopic (exact) mass is 447 g/mol. The van der Waals surface area contributed by atoms with Crippen LogP contribution in [0.25, 0.3) is 10.2 Å². The van der Waals surface area contributed by atoms with Crippen molar-refractivity contribution in [3.05, 3.63) is 59.4 Å². The number of aryl methyl sites for hydroxylation is 2. The van der Waals surface area contributed by atoms with Crippen LogP contribution in [0.5, 0.6) is 0 Å². The van der Waals surface area contributed by atoms with Gasteiger partial charge >= 0.3 is 0 Å². The molecule has 0 atom stereocenters. The zero-order valence-electron chi connectivity index (χ0n) is 14.8. The van der Waals surface area contributed by atoms with E-state index in [1.165, 1.54) is 35.6 Å². The predicted octanol–water partition coefficient (Wildman–Crippen LogP) is 2.50. The van der Waals surface area contributed by atoms with E-state index in [2.05, 4.69) is 0 Å². The molecule has 1 N–H and O–H groups in total. The lowest BCUT2D eigenvalue weighted by Gasteiger charge is -2.05. The Balaban J connectivity index is 0.000000221. The van der Waals surface area contributed by atoms with Crippen LogP contribution in [0.4, 0.5) is 4.39 Å². The molecule has 0 aliphatic carbocycles. The highest BCUT2D eigenvalue weighted by Gasteiger charge is 2.14. The Morgan fingerprint density at radius 2 is 1.75 bits per heavy atom. The minimum absolute atomic E-state index is 0.178. The van der Waals surface area contributed by atoms with Gasteiger partial charge in [-0.05, 0) is 31.2 Å². The molecule has 0 saturated heterocycles. The first-order valence-electron chi connectivity index (χ1n) is 7.99. The minimum Gasteiger partial charge on any atom is -0.744 e. The largest absolute Gasteiger partial charge is 0.744 e. The van der Waals surface area contributed by atoms with Gasteiger partial charge in [0.15, 0.2) is 6.54 Å². The maximum absolute atomic E-state index is 13.1. The van der Waals surface area contributed by atoms with Gasteiger partial charge in [0.2, 0.25) is 11.0 Å². The van der Waals surface area contributed by atoms with Crippen LogP contribution < -0.4 is 4.57 Å².